The lowest BCUT2D eigenvalue weighted by Gasteiger charge is -1.93. The number of hydrogen-bond acceptors (Lipinski definition) is 2. The molecule has 0 saturated heterocycles. The fourth-order valence-corrected chi connectivity index (χ4v) is 0.430. The van der Waals surface area contributed by atoms with E-state index in [2.05, 4.69) is 12.2 Å². The summed E-state index contributed by atoms with van der Waals surface area (Å²) in [5.74, 6) is 0. The molecule has 3 N–H and O–H groups in total. The molecule has 48 valence electrons. The molecule has 0 aliphatic rings. The van der Waals surface area contributed by atoms with E-state index in [0.717, 1.165) is 13.1 Å². The van der Waals surface area contributed by atoms with Crippen molar-refractivity contribution in [3.05, 3.63) is 12.3 Å². The molecule has 0 atom stereocenters. The Morgan fingerprint density at radius 1 is 1.62 bits per heavy atom. The zero-order valence-electron chi connectivity index (χ0n) is 5.35. The van der Waals surface area contributed by atoms with Crippen molar-refractivity contribution >= 4 is 0 Å². The van der Waals surface area contributed by atoms with Crippen molar-refractivity contribution in [2.45, 2.75) is 13.3 Å². The van der Waals surface area contributed by atoms with Gasteiger partial charge < -0.3 is 11.1 Å². The van der Waals surface area contributed by atoms with Crippen LogP contribution in [0.3, 0.4) is 0 Å². The van der Waals surface area contributed by atoms with E-state index in [1.807, 2.05) is 6.08 Å². The molecular weight excluding hydrogens is 100 g/mol. The van der Waals surface area contributed by atoms with Crippen LogP contribution in [0.5, 0.6) is 0 Å². The lowest BCUT2D eigenvalue weighted by atomic mass is 10.5. The first-order valence-electron chi connectivity index (χ1n) is 2.99. The van der Waals surface area contributed by atoms with E-state index < -0.39 is 0 Å². The molecule has 0 heterocycles. The van der Waals surface area contributed by atoms with E-state index in [0.29, 0.717) is 0 Å². The van der Waals surface area contributed by atoms with Crippen LogP contribution in [0.1, 0.15) is 13.3 Å². The van der Waals surface area contributed by atoms with Gasteiger partial charge in [-0.05, 0) is 19.2 Å². The topological polar surface area (TPSA) is 38.0 Å². The lowest BCUT2D eigenvalue weighted by Crippen LogP contribution is -2.14. The van der Waals surface area contributed by atoms with Gasteiger partial charge in [-0.25, -0.2) is 0 Å². The molecule has 0 aliphatic carbocycles. The van der Waals surface area contributed by atoms with Crippen LogP contribution in [0.4, 0.5) is 0 Å². The molecule has 0 spiro atoms. The summed E-state index contributed by atoms with van der Waals surface area (Å²) in [7, 11) is 0. The molecule has 0 rings (SSSR count). The fourth-order valence-electron chi connectivity index (χ4n) is 0.430. The molecule has 0 radical (unpaired) electrons. The number of nitrogens with one attached hydrogen (secondary N) is 1. The monoisotopic (exact) mass is 114 g/mol. The van der Waals surface area contributed by atoms with Crippen LogP contribution in [-0.2, 0) is 0 Å². The summed E-state index contributed by atoms with van der Waals surface area (Å²) in [6.45, 7) is 4.10. The van der Waals surface area contributed by atoms with Crippen LogP contribution in [0.25, 0.3) is 0 Å². The molecule has 0 aromatic carbocycles. The molecule has 8 heavy (non-hydrogen) atoms. The maximum atomic E-state index is 5.09. The van der Waals surface area contributed by atoms with Gasteiger partial charge in [0.2, 0.25) is 0 Å². The highest BCUT2D eigenvalue weighted by Crippen LogP contribution is 1.68. The molecule has 0 aromatic heterocycles. The molecule has 0 amide bonds. The summed E-state index contributed by atoms with van der Waals surface area (Å²) in [6, 6.07) is 0. The van der Waals surface area contributed by atoms with E-state index in [4.69, 9.17) is 5.73 Å². The Kier molecular flexibility index (Phi) is 6.09. The summed E-state index contributed by atoms with van der Waals surface area (Å²) in [5, 5.41) is 3.17. The summed E-state index contributed by atoms with van der Waals surface area (Å²) < 4.78 is 0. The maximum absolute atomic E-state index is 5.09. The molecule has 0 bridgehead atoms. The predicted molar refractivity (Wildman–Crippen MR) is 36.5 cm³/mol. The van der Waals surface area contributed by atoms with Gasteiger partial charge in [0.15, 0.2) is 0 Å². The molecule has 0 fully saturated rings. The van der Waals surface area contributed by atoms with Crippen LogP contribution >= 0.6 is 0 Å². The van der Waals surface area contributed by atoms with Crippen LogP contribution in [0, 0.1) is 0 Å². The maximum Gasteiger partial charge on any atom is 0.0151 e. The van der Waals surface area contributed by atoms with Gasteiger partial charge in [0, 0.05) is 6.54 Å². The van der Waals surface area contributed by atoms with Crippen LogP contribution in [0.15, 0.2) is 12.3 Å². The minimum absolute atomic E-state index is 0.893. The summed E-state index contributed by atoms with van der Waals surface area (Å²) in [4.78, 5) is 0. The van der Waals surface area contributed by atoms with Gasteiger partial charge in [0.05, 0.1) is 0 Å². The molecule has 0 aromatic rings. The van der Waals surface area contributed by atoms with Crippen molar-refractivity contribution in [2.24, 2.45) is 5.73 Å². The van der Waals surface area contributed by atoms with Crippen molar-refractivity contribution in [1.82, 2.24) is 5.32 Å². The van der Waals surface area contributed by atoms with E-state index in [1.165, 1.54) is 6.42 Å². The minimum atomic E-state index is 0.893. The standard InChI is InChI=1S/C6H14N2/c1-2-5-8-6-3-4-7/h3-4,8H,2,5-7H2,1H3/b4-3-. The first kappa shape index (κ1) is 7.50. The van der Waals surface area contributed by atoms with Crippen LogP contribution < -0.4 is 11.1 Å². The largest absolute Gasteiger partial charge is 0.405 e. The zero-order chi connectivity index (χ0) is 6.24. The summed E-state index contributed by atoms with van der Waals surface area (Å²) in [5.41, 5.74) is 5.09. The minimum Gasteiger partial charge on any atom is -0.405 e. The summed E-state index contributed by atoms with van der Waals surface area (Å²) >= 11 is 0. The normalized spacial score (nSPS) is 10.6. The molecule has 0 unspecified atom stereocenters. The van der Waals surface area contributed by atoms with Crippen LogP contribution in [0.2, 0.25) is 0 Å². The lowest BCUT2D eigenvalue weighted by molar-refractivity contribution is 0.728. The molecule has 0 saturated carbocycles. The number of hydrogen-bond donors (Lipinski definition) is 2. The van der Waals surface area contributed by atoms with E-state index in [-0.39, 0.29) is 0 Å². The van der Waals surface area contributed by atoms with Crippen molar-refractivity contribution < 1.29 is 0 Å². The van der Waals surface area contributed by atoms with Gasteiger partial charge in [-0.2, -0.15) is 0 Å². The Labute approximate surface area is 50.8 Å². The Morgan fingerprint density at radius 2 is 2.38 bits per heavy atom. The third-order valence-corrected chi connectivity index (χ3v) is 0.825. The average Bonchev–Trinajstić information content (AvgIpc) is 1.81. The van der Waals surface area contributed by atoms with Crippen LogP contribution in [-0.4, -0.2) is 13.1 Å². The zero-order valence-corrected chi connectivity index (χ0v) is 5.35. The average molecular weight is 114 g/mol. The Morgan fingerprint density at radius 3 is 2.88 bits per heavy atom. The Hall–Kier alpha value is -0.500. The molecular formula is C6H14N2. The van der Waals surface area contributed by atoms with Gasteiger partial charge in [0.25, 0.3) is 0 Å². The SMILES string of the molecule is CCCNC/C=C\N. The predicted octanol–water partition coefficient (Wildman–Crippen LogP) is 0.458. The first-order chi connectivity index (χ1) is 3.91. The second kappa shape index (κ2) is 6.50. The third kappa shape index (κ3) is 5.50. The first-order valence-corrected chi connectivity index (χ1v) is 2.99. The van der Waals surface area contributed by atoms with Gasteiger partial charge in [0.1, 0.15) is 0 Å². The highest BCUT2D eigenvalue weighted by atomic mass is 14.8. The van der Waals surface area contributed by atoms with Gasteiger partial charge in [-0.3, -0.25) is 0 Å². The van der Waals surface area contributed by atoms with Gasteiger partial charge >= 0.3 is 0 Å². The van der Waals surface area contributed by atoms with Gasteiger partial charge in [-0.15, -0.1) is 0 Å². The second-order valence-corrected chi connectivity index (χ2v) is 1.63. The highest BCUT2D eigenvalue weighted by molar-refractivity contribution is 4.77. The third-order valence-electron chi connectivity index (χ3n) is 0.825. The quantitative estimate of drug-likeness (QED) is 0.521. The molecule has 2 nitrogen and oxygen atoms in total. The summed E-state index contributed by atoms with van der Waals surface area (Å²) in [6.07, 6.45) is 4.64. The Bertz CT molecular complexity index is 59.5. The van der Waals surface area contributed by atoms with E-state index >= 15 is 0 Å². The molecule has 0 aliphatic heterocycles. The van der Waals surface area contributed by atoms with Crippen molar-refractivity contribution in [2.75, 3.05) is 13.1 Å². The highest BCUT2D eigenvalue weighted by Gasteiger charge is 1.75. The van der Waals surface area contributed by atoms with Crippen molar-refractivity contribution in [3.8, 4) is 0 Å². The Balaban J connectivity index is 2.72. The van der Waals surface area contributed by atoms with Crippen molar-refractivity contribution in [1.29, 1.82) is 0 Å². The van der Waals surface area contributed by atoms with E-state index in [9.17, 15) is 0 Å². The van der Waals surface area contributed by atoms with Crippen molar-refractivity contribution in [3.63, 3.8) is 0 Å². The van der Waals surface area contributed by atoms with Gasteiger partial charge in [-0.1, -0.05) is 13.0 Å². The van der Waals surface area contributed by atoms with E-state index in [1.54, 1.807) is 6.20 Å². The number of rotatable bonds is 4. The second-order valence-electron chi connectivity index (χ2n) is 1.63. The number of nitrogens with two attached hydrogens (primary N) is 1. The fraction of sp³-hybridized carbons (Fsp3) is 0.667. The smallest absolute Gasteiger partial charge is 0.0151 e. The molecule has 2 heteroatoms.